The number of hydrogen-bond acceptors (Lipinski definition) is 2. The Bertz CT molecular complexity index is 377. The normalized spacial score (nSPS) is 19.8. The van der Waals surface area contributed by atoms with Crippen LogP contribution in [-0.4, -0.2) is 31.1 Å². The zero-order chi connectivity index (χ0) is 12.9. The van der Waals surface area contributed by atoms with Gasteiger partial charge in [0.05, 0.1) is 6.61 Å². The van der Waals surface area contributed by atoms with Gasteiger partial charge in [-0.15, -0.1) is 0 Å². The van der Waals surface area contributed by atoms with Crippen LogP contribution < -0.4 is 4.74 Å². The van der Waals surface area contributed by atoms with Crippen LogP contribution in [0.15, 0.2) is 24.3 Å². The fraction of sp³-hybridized carbons (Fsp3) is 0.647. The van der Waals surface area contributed by atoms with Gasteiger partial charge >= 0.3 is 0 Å². The molecule has 0 atom stereocenters. The van der Waals surface area contributed by atoms with Crippen molar-refractivity contribution >= 4 is 0 Å². The molecule has 104 valence electrons. The lowest BCUT2D eigenvalue weighted by Crippen LogP contribution is -2.20. The maximum absolute atomic E-state index is 5.76. The lowest BCUT2D eigenvalue weighted by atomic mass is 10.1. The summed E-state index contributed by atoms with van der Waals surface area (Å²) in [4.78, 5) is 2.59. The Morgan fingerprint density at radius 1 is 1.05 bits per heavy atom. The Labute approximate surface area is 116 Å². The van der Waals surface area contributed by atoms with Gasteiger partial charge < -0.3 is 9.64 Å². The molecule has 3 rings (SSSR count). The molecule has 0 amide bonds. The fourth-order valence-electron chi connectivity index (χ4n) is 2.76. The minimum Gasteiger partial charge on any atom is -0.493 e. The van der Waals surface area contributed by atoms with Gasteiger partial charge in [-0.05, 0) is 81.8 Å². The molecule has 2 heteroatoms. The Hall–Kier alpha value is -1.02. The van der Waals surface area contributed by atoms with Crippen molar-refractivity contribution < 1.29 is 4.74 Å². The van der Waals surface area contributed by atoms with Gasteiger partial charge in [-0.25, -0.2) is 0 Å². The van der Waals surface area contributed by atoms with Crippen LogP contribution in [-0.2, 0) is 6.42 Å². The summed E-state index contributed by atoms with van der Waals surface area (Å²) in [6, 6.07) is 8.72. The van der Waals surface area contributed by atoms with E-state index in [2.05, 4.69) is 29.2 Å². The predicted molar refractivity (Wildman–Crippen MR) is 78.7 cm³/mol. The zero-order valence-corrected chi connectivity index (χ0v) is 11.8. The summed E-state index contributed by atoms with van der Waals surface area (Å²) < 4.78 is 5.76. The van der Waals surface area contributed by atoms with E-state index in [4.69, 9.17) is 4.74 Å². The third kappa shape index (κ3) is 4.24. The monoisotopic (exact) mass is 259 g/mol. The number of aryl methyl sites for hydroxylation is 1. The molecule has 1 aliphatic carbocycles. The number of ether oxygens (including phenoxy) is 1. The first-order valence-corrected chi connectivity index (χ1v) is 7.84. The first-order chi connectivity index (χ1) is 9.40. The van der Waals surface area contributed by atoms with Crippen LogP contribution in [0.3, 0.4) is 0 Å². The molecule has 0 unspecified atom stereocenters. The molecule has 0 bridgehead atoms. The molecule has 19 heavy (non-hydrogen) atoms. The van der Waals surface area contributed by atoms with Gasteiger partial charge in [-0.1, -0.05) is 12.1 Å². The van der Waals surface area contributed by atoms with E-state index in [1.165, 1.54) is 63.7 Å². The van der Waals surface area contributed by atoms with Crippen LogP contribution in [0.4, 0.5) is 0 Å². The van der Waals surface area contributed by atoms with E-state index < -0.39 is 0 Å². The molecule has 0 radical (unpaired) electrons. The number of likely N-dealkylation sites (tertiary alicyclic amines) is 1. The summed E-state index contributed by atoms with van der Waals surface area (Å²) in [7, 11) is 0. The highest BCUT2D eigenvalue weighted by molar-refractivity contribution is 5.27. The van der Waals surface area contributed by atoms with Crippen LogP contribution in [0.25, 0.3) is 0 Å². The third-order valence-electron chi connectivity index (χ3n) is 4.24. The van der Waals surface area contributed by atoms with E-state index >= 15 is 0 Å². The fourth-order valence-corrected chi connectivity index (χ4v) is 2.76. The molecule has 1 aromatic carbocycles. The average Bonchev–Trinajstić information content (AvgIpc) is 3.13. The predicted octanol–water partition coefficient (Wildman–Crippen LogP) is 3.50. The van der Waals surface area contributed by atoms with E-state index in [1.807, 2.05) is 0 Å². The van der Waals surface area contributed by atoms with Gasteiger partial charge in [-0.2, -0.15) is 0 Å². The van der Waals surface area contributed by atoms with Crippen LogP contribution in [0, 0.1) is 5.92 Å². The third-order valence-corrected chi connectivity index (χ3v) is 4.24. The second-order valence-electron chi connectivity index (χ2n) is 6.05. The Kier molecular flexibility index (Phi) is 4.39. The molecule has 0 aromatic heterocycles. The summed E-state index contributed by atoms with van der Waals surface area (Å²) in [5.41, 5.74) is 1.44. The standard InChI is InChI=1S/C17H25NO/c1-2-12-18(11-1)13-3-4-15-7-9-17(10-8-15)19-14-16-5-6-16/h7-10,16H,1-6,11-14H2. The largest absolute Gasteiger partial charge is 0.493 e. The van der Waals surface area contributed by atoms with Crippen molar-refractivity contribution in [1.82, 2.24) is 4.90 Å². The highest BCUT2D eigenvalue weighted by Crippen LogP contribution is 2.29. The minimum atomic E-state index is 0.833. The van der Waals surface area contributed by atoms with Crippen LogP contribution >= 0.6 is 0 Å². The van der Waals surface area contributed by atoms with Crippen LogP contribution in [0.2, 0.25) is 0 Å². The van der Waals surface area contributed by atoms with Crippen molar-refractivity contribution in [2.75, 3.05) is 26.2 Å². The number of benzene rings is 1. The van der Waals surface area contributed by atoms with E-state index in [1.54, 1.807) is 0 Å². The highest BCUT2D eigenvalue weighted by Gasteiger charge is 2.21. The maximum Gasteiger partial charge on any atom is 0.119 e. The highest BCUT2D eigenvalue weighted by atomic mass is 16.5. The number of hydrogen-bond donors (Lipinski definition) is 0. The Morgan fingerprint density at radius 2 is 1.79 bits per heavy atom. The van der Waals surface area contributed by atoms with Crippen molar-refractivity contribution in [3.63, 3.8) is 0 Å². The van der Waals surface area contributed by atoms with Crippen molar-refractivity contribution in [2.45, 2.75) is 38.5 Å². The number of rotatable bonds is 7. The summed E-state index contributed by atoms with van der Waals surface area (Å²) in [5.74, 6) is 1.87. The maximum atomic E-state index is 5.76. The van der Waals surface area contributed by atoms with E-state index in [-0.39, 0.29) is 0 Å². The summed E-state index contributed by atoms with van der Waals surface area (Å²) in [6.45, 7) is 4.80. The van der Waals surface area contributed by atoms with Crippen LogP contribution in [0.5, 0.6) is 5.75 Å². The summed E-state index contributed by atoms with van der Waals surface area (Å²) in [5, 5.41) is 0. The molecule has 2 aliphatic rings. The van der Waals surface area contributed by atoms with E-state index in [0.29, 0.717) is 0 Å². The van der Waals surface area contributed by atoms with Crippen molar-refractivity contribution in [3.8, 4) is 5.75 Å². The van der Waals surface area contributed by atoms with Gasteiger partial charge in [0.15, 0.2) is 0 Å². The zero-order valence-electron chi connectivity index (χ0n) is 11.8. The van der Waals surface area contributed by atoms with Crippen molar-refractivity contribution in [2.24, 2.45) is 5.92 Å². The molecule has 1 aliphatic heterocycles. The quantitative estimate of drug-likeness (QED) is 0.743. The van der Waals surface area contributed by atoms with Crippen molar-refractivity contribution in [3.05, 3.63) is 29.8 Å². The topological polar surface area (TPSA) is 12.5 Å². The van der Waals surface area contributed by atoms with Gasteiger partial charge in [0.25, 0.3) is 0 Å². The molecule has 1 heterocycles. The van der Waals surface area contributed by atoms with Gasteiger partial charge in [0.2, 0.25) is 0 Å². The lowest BCUT2D eigenvalue weighted by Gasteiger charge is -2.14. The Morgan fingerprint density at radius 3 is 2.47 bits per heavy atom. The summed E-state index contributed by atoms with van der Waals surface area (Å²) >= 11 is 0. The second kappa shape index (κ2) is 6.42. The van der Waals surface area contributed by atoms with E-state index in [0.717, 1.165) is 18.3 Å². The molecule has 0 spiro atoms. The molecule has 1 saturated heterocycles. The summed E-state index contributed by atoms with van der Waals surface area (Å²) in [6.07, 6.45) is 7.98. The van der Waals surface area contributed by atoms with Gasteiger partial charge in [0.1, 0.15) is 5.75 Å². The Balaban J connectivity index is 1.37. The average molecular weight is 259 g/mol. The first-order valence-electron chi connectivity index (χ1n) is 7.84. The first kappa shape index (κ1) is 13.0. The van der Waals surface area contributed by atoms with Gasteiger partial charge in [-0.3, -0.25) is 0 Å². The van der Waals surface area contributed by atoms with E-state index in [9.17, 15) is 0 Å². The molecule has 2 fully saturated rings. The van der Waals surface area contributed by atoms with Gasteiger partial charge in [0, 0.05) is 0 Å². The molecular formula is C17H25NO. The SMILES string of the molecule is c1cc(OCC2CC2)ccc1CCCN1CCCC1. The lowest BCUT2D eigenvalue weighted by molar-refractivity contribution is 0.299. The second-order valence-corrected chi connectivity index (χ2v) is 6.05. The minimum absolute atomic E-state index is 0.833. The number of nitrogens with zero attached hydrogens (tertiary/aromatic N) is 1. The smallest absolute Gasteiger partial charge is 0.119 e. The molecule has 1 saturated carbocycles. The molecule has 2 nitrogen and oxygen atoms in total. The molecule has 0 N–H and O–H groups in total. The van der Waals surface area contributed by atoms with Crippen molar-refractivity contribution in [1.29, 1.82) is 0 Å². The van der Waals surface area contributed by atoms with Crippen LogP contribution in [0.1, 0.15) is 37.7 Å². The molecule has 1 aromatic rings. The molecular weight excluding hydrogens is 234 g/mol.